The topological polar surface area (TPSA) is 60.4 Å². The molecule has 0 aromatic rings. The van der Waals surface area contributed by atoms with E-state index < -0.39 is 0 Å². The lowest BCUT2D eigenvalue weighted by molar-refractivity contribution is -0.249. The van der Waals surface area contributed by atoms with Crippen LogP contribution in [0.2, 0.25) is 0 Å². The number of Topliss-reactive ketones (excluding diaryl/α,β-unsaturated/α-hetero) is 2. The molecule has 4 nitrogen and oxygen atoms in total. The Balaban J connectivity index is 1.13. The summed E-state index contributed by atoms with van der Waals surface area (Å²) in [6.07, 6.45) is 26.1. The summed E-state index contributed by atoms with van der Waals surface area (Å²) in [6.45, 7) is 19.3. The number of fused-ring (bicyclic) bond motifs is 7. The molecule has 4 heteroatoms. The van der Waals surface area contributed by atoms with Gasteiger partial charge in [-0.1, -0.05) is 113 Å². The van der Waals surface area contributed by atoms with Gasteiger partial charge in [-0.05, 0) is 123 Å². The largest absolute Gasteiger partial charge is 0.461 e. The maximum Gasteiger partial charge on any atom is 0.313 e. The fourth-order valence-corrected chi connectivity index (χ4v) is 14.0. The first-order valence-electron chi connectivity index (χ1n) is 21.4. The van der Waals surface area contributed by atoms with Crippen molar-refractivity contribution >= 4 is 17.5 Å². The average molecular weight is 681 g/mol. The second-order valence-electron chi connectivity index (χ2n) is 19.9. The fraction of sp³-hybridized carbons (Fsp3) is 0.933. The Kier molecular flexibility index (Phi) is 12.3. The van der Waals surface area contributed by atoms with E-state index in [0.717, 1.165) is 32.1 Å². The van der Waals surface area contributed by atoms with Crippen molar-refractivity contribution in [1.29, 1.82) is 0 Å². The predicted octanol–water partition coefficient (Wildman–Crippen LogP) is 12.2. The van der Waals surface area contributed by atoms with Crippen molar-refractivity contribution in [3.63, 3.8) is 0 Å². The van der Waals surface area contributed by atoms with E-state index in [1.165, 1.54) is 103 Å². The van der Waals surface area contributed by atoms with Gasteiger partial charge in [0.2, 0.25) is 0 Å². The molecule has 0 radical (unpaired) electrons. The van der Waals surface area contributed by atoms with Gasteiger partial charge in [-0.25, -0.2) is 0 Å². The minimum atomic E-state index is -0.301. The molecule has 0 aromatic heterocycles. The van der Waals surface area contributed by atoms with Crippen LogP contribution in [0.4, 0.5) is 0 Å². The normalized spacial score (nSPS) is 40.8. The molecule has 5 aliphatic carbocycles. The summed E-state index contributed by atoms with van der Waals surface area (Å²) in [5.74, 6) is 2.81. The zero-order valence-electron chi connectivity index (χ0n) is 33.4. The Morgan fingerprint density at radius 2 is 1.27 bits per heavy atom. The van der Waals surface area contributed by atoms with Crippen molar-refractivity contribution in [3.8, 4) is 0 Å². The summed E-state index contributed by atoms with van der Waals surface area (Å²) >= 11 is 0. The van der Waals surface area contributed by atoms with Crippen LogP contribution < -0.4 is 0 Å². The van der Waals surface area contributed by atoms with Gasteiger partial charge in [0.15, 0.2) is 0 Å². The third kappa shape index (κ3) is 7.39. The van der Waals surface area contributed by atoms with Crippen LogP contribution in [0.15, 0.2) is 0 Å². The second-order valence-corrected chi connectivity index (χ2v) is 19.9. The Morgan fingerprint density at radius 3 is 1.90 bits per heavy atom. The molecule has 5 fully saturated rings. The predicted molar refractivity (Wildman–Crippen MR) is 201 cm³/mol. The number of ether oxygens (including phenoxy) is 1. The Labute approximate surface area is 301 Å². The maximum atomic E-state index is 13.2. The molecule has 0 saturated heterocycles. The lowest BCUT2D eigenvalue weighted by atomic mass is 9.32. The first kappa shape index (κ1) is 39.0. The molecular formula is C45H76O4. The average Bonchev–Trinajstić information content (AvgIpc) is 3.39. The third-order valence-electron chi connectivity index (χ3n) is 17.0. The SMILES string of the molecule is CCCCCCCCCCCCCC(=O)CC(=O)O[C@H]1CC[C@@]2(C)C(CC[C@]3(C)C2CCC2C4[C@H](C(C)=O)CC[C@]4(C)CC[C@]23C)C1(C)C. The summed E-state index contributed by atoms with van der Waals surface area (Å²) in [4.78, 5) is 38.9. The van der Waals surface area contributed by atoms with Gasteiger partial charge in [0.25, 0.3) is 0 Å². The molecule has 5 saturated carbocycles. The molecule has 5 rings (SSSR count). The van der Waals surface area contributed by atoms with Crippen LogP contribution in [0.25, 0.3) is 0 Å². The second kappa shape index (κ2) is 15.4. The van der Waals surface area contributed by atoms with E-state index in [1.54, 1.807) is 0 Å². The molecule has 0 spiro atoms. The van der Waals surface area contributed by atoms with Crippen molar-refractivity contribution < 1.29 is 19.1 Å². The highest BCUT2D eigenvalue weighted by Gasteiger charge is 2.70. The van der Waals surface area contributed by atoms with E-state index >= 15 is 0 Å². The van der Waals surface area contributed by atoms with Gasteiger partial charge in [-0.2, -0.15) is 0 Å². The summed E-state index contributed by atoms with van der Waals surface area (Å²) in [5.41, 5.74) is 0.981. The third-order valence-corrected chi connectivity index (χ3v) is 17.0. The van der Waals surface area contributed by atoms with Gasteiger partial charge in [0.1, 0.15) is 24.1 Å². The smallest absolute Gasteiger partial charge is 0.313 e. The van der Waals surface area contributed by atoms with Crippen LogP contribution >= 0.6 is 0 Å². The van der Waals surface area contributed by atoms with Crippen LogP contribution in [0, 0.1) is 56.7 Å². The number of carbonyl (C=O) groups is 3. The molecule has 4 unspecified atom stereocenters. The Bertz CT molecular complexity index is 1170. The highest BCUT2D eigenvalue weighted by molar-refractivity contribution is 5.95. The van der Waals surface area contributed by atoms with E-state index in [-0.39, 0.29) is 51.9 Å². The first-order valence-corrected chi connectivity index (χ1v) is 21.4. The van der Waals surface area contributed by atoms with Crippen molar-refractivity contribution in [2.45, 2.75) is 209 Å². The van der Waals surface area contributed by atoms with E-state index in [9.17, 15) is 14.4 Å². The lowest BCUT2D eigenvalue weighted by Gasteiger charge is -2.72. The van der Waals surface area contributed by atoms with Gasteiger partial charge >= 0.3 is 5.97 Å². The zero-order valence-corrected chi connectivity index (χ0v) is 33.4. The van der Waals surface area contributed by atoms with Gasteiger partial charge in [-0.15, -0.1) is 0 Å². The van der Waals surface area contributed by atoms with Crippen molar-refractivity contribution in [2.75, 3.05) is 0 Å². The lowest BCUT2D eigenvalue weighted by Crippen LogP contribution is -2.66. The molecular weight excluding hydrogens is 604 g/mol. The molecule has 0 amide bonds. The molecule has 0 bridgehead atoms. The van der Waals surface area contributed by atoms with Gasteiger partial charge < -0.3 is 4.74 Å². The minimum absolute atomic E-state index is 0.0515. The first-order chi connectivity index (χ1) is 23.1. The summed E-state index contributed by atoms with van der Waals surface area (Å²) < 4.78 is 6.25. The summed E-state index contributed by atoms with van der Waals surface area (Å²) in [7, 11) is 0. The highest BCUT2D eigenvalue weighted by atomic mass is 16.5. The number of rotatable bonds is 16. The van der Waals surface area contributed by atoms with Crippen LogP contribution in [-0.4, -0.2) is 23.6 Å². The monoisotopic (exact) mass is 681 g/mol. The fourth-order valence-electron chi connectivity index (χ4n) is 14.0. The highest BCUT2D eigenvalue weighted by Crippen LogP contribution is 2.77. The summed E-state index contributed by atoms with van der Waals surface area (Å²) in [6, 6.07) is 0. The van der Waals surface area contributed by atoms with E-state index in [0.29, 0.717) is 41.3 Å². The van der Waals surface area contributed by atoms with E-state index in [1.807, 2.05) is 6.92 Å². The molecule has 10 atom stereocenters. The Morgan fingerprint density at radius 1 is 0.633 bits per heavy atom. The number of ketones is 2. The zero-order chi connectivity index (χ0) is 35.7. The minimum Gasteiger partial charge on any atom is -0.461 e. The number of hydrogen-bond acceptors (Lipinski definition) is 4. The van der Waals surface area contributed by atoms with Crippen LogP contribution in [-0.2, 0) is 19.1 Å². The molecule has 0 heterocycles. The van der Waals surface area contributed by atoms with Gasteiger partial charge in [-0.3, -0.25) is 14.4 Å². The van der Waals surface area contributed by atoms with E-state index in [4.69, 9.17) is 4.74 Å². The molecule has 49 heavy (non-hydrogen) atoms. The number of carbonyl (C=O) groups excluding carboxylic acids is 3. The molecule has 5 aliphatic rings. The standard InChI is InChI=1S/C45H76O4/c1-9-10-11-12-13-14-15-16-17-18-19-20-33(47)31-39(48)49-38-25-27-43(6)36(41(38,3)4)24-28-45(8)37(43)22-21-35-40-34(32(2)46)23-26-42(40,5)29-30-44(35,45)7/h34-38,40H,9-31H2,1-8H3/t34-,35?,36?,37?,38-,40?,42+,43-,44+,45+/m0/s1. The quantitative estimate of drug-likeness (QED) is 0.0925. The van der Waals surface area contributed by atoms with Crippen molar-refractivity contribution in [2.24, 2.45) is 56.7 Å². The molecule has 0 aromatic carbocycles. The van der Waals surface area contributed by atoms with Gasteiger partial charge in [0.05, 0.1) is 0 Å². The molecule has 0 N–H and O–H groups in total. The van der Waals surface area contributed by atoms with E-state index in [2.05, 4.69) is 48.5 Å². The molecule has 280 valence electrons. The van der Waals surface area contributed by atoms with Crippen molar-refractivity contribution in [1.82, 2.24) is 0 Å². The number of esters is 1. The van der Waals surface area contributed by atoms with Gasteiger partial charge in [0, 0.05) is 17.8 Å². The van der Waals surface area contributed by atoms with Crippen LogP contribution in [0.5, 0.6) is 0 Å². The van der Waals surface area contributed by atoms with Crippen molar-refractivity contribution in [3.05, 3.63) is 0 Å². The maximum absolute atomic E-state index is 13.2. The number of unbranched alkanes of at least 4 members (excludes halogenated alkanes) is 10. The summed E-state index contributed by atoms with van der Waals surface area (Å²) in [5, 5.41) is 0. The molecule has 0 aliphatic heterocycles. The van der Waals surface area contributed by atoms with Crippen LogP contribution in [0.1, 0.15) is 203 Å². The van der Waals surface area contributed by atoms with Crippen LogP contribution in [0.3, 0.4) is 0 Å². The number of hydrogen-bond donors (Lipinski definition) is 0. The Hall–Kier alpha value is -1.19.